The fourth-order valence-electron chi connectivity index (χ4n) is 2.99. The average molecular weight is 243 g/mol. The number of rotatable bonds is 2. The summed E-state index contributed by atoms with van der Waals surface area (Å²) < 4.78 is 0. The maximum Gasteiger partial charge on any atom is 0.258 e. The van der Waals surface area contributed by atoms with E-state index in [0.29, 0.717) is 6.54 Å². The summed E-state index contributed by atoms with van der Waals surface area (Å²) >= 11 is 0. The van der Waals surface area contributed by atoms with Crippen molar-refractivity contribution in [2.45, 2.75) is 25.4 Å². The highest BCUT2D eigenvalue weighted by Crippen LogP contribution is 2.34. The van der Waals surface area contributed by atoms with Crippen LogP contribution in [0.4, 0.5) is 0 Å². The van der Waals surface area contributed by atoms with Crippen LogP contribution in [0.15, 0.2) is 30.8 Å². The van der Waals surface area contributed by atoms with Gasteiger partial charge in [0.25, 0.3) is 5.91 Å². The van der Waals surface area contributed by atoms with E-state index in [9.17, 15) is 9.90 Å². The molecule has 0 bridgehead atoms. The number of hydrogen-bond donors (Lipinski definition) is 1. The molecule has 1 aliphatic heterocycles. The third-order valence-electron chi connectivity index (χ3n) is 4.08. The first-order valence-corrected chi connectivity index (χ1v) is 6.46. The molecule has 2 aliphatic rings. The van der Waals surface area contributed by atoms with E-state index in [1.807, 2.05) is 24.3 Å². The van der Waals surface area contributed by atoms with Gasteiger partial charge >= 0.3 is 0 Å². The van der Waals surface area contributed by atoms with Gasteiger partial charge in [-0.25, -0.2) is 0 Å². The van der Waals surface area contributed by atoms with Gasteiger partial charge in [0.05, 0.1) is 6.10 Å². The van der Waals surface area contributed by atoms with Crippen molar-refractivity contribution in [1.29, 1.82) is 0 Å². The molecule has 2 atom stereocenters. The van der Waals surface area contributed by atoms with E-state index in [1.165, 1.54) is 0 Å². The quantitative estimate of drug-likeness (QED) is 0.865. The summed E-state index contributed by atoms with van der Waals surface area (Å²) in [5.74, 6) is 0.217. The van der Waals surface area contributed by atoms with Gasteiger partial charge < -0.3 is 10.0 Å². The molecule has 1 amide bonds. The van der Waals surface area contributed by atoms with Gasteiger partial charge in [-0.3, -0.25) is 4.79 Å². The Kier molecular flexibility index (Phi) is 2.71. The second-order valence-electron chi connectivity index (χ2n) is 5.17. The second kappa shape index (κ2) is 4.25. The lowest BCUT2D eigenvalue weighted by Crippen LogP contribution is -2.32. The zero-order chi connectivity index (χ0) is 12.7. The van der Waals surface area contributed by atoms with E-state index in [1.54, 1.807) is 4.90 Å². The molecule has 18 heavy (non-hydrogen) atoms. The van der Waals surface area contributed by atoms with Gasteiger partial charge in [-0.2, -0.15) is 0 Å². The van der Waals surface area contributed by atoms with Crippen LogP contribution in [0.2, 0.25) is 0 Å². The first kappa shape index (κ1) is 11.5. The van der Waals surface area contributed by atoms with Crippen LogP contribution in [-0.2, 0) is 0 Å². The first-order valence-electron chi connectivity index (χ1n) is 6.46. The number of nitrogens with zero attached hydrogens (tertiary/aromatic N) is 1. The van der Waals surface area contributed by atoms with Gasteiger partial charge in [0.15, 0.2) is 0 Å². The van der Waals surface area contributed by atoms with Crippen molar-refractivity contribution < 1.29 is 9.90 Å². The summed E-state index contributed by atoms with van der Waals surface area (Å²) in [5, 5.41) is 9.87. The average Bonchev–Trinajstić information content (AvgIpc) is 2.89. The summed E-state index contributed by atoms with van der Waals surface area (Å²) in [6.45, 7) is 4.61. The minimum absolute atomic E-state index is 0.0229. The van der Waals surface area contributed by atoms with E-state index in [-0.39, 0.29) is 17.9 Å². The summed E-state index contributed by atoms with van der Waals surface area (Å²) in [4.78, 5) is 14.0. The van der Waals surface area contributed by atoms with Gasteiger partial charge in [0.2, 0.25) is 0 Å². The topological polar surface area (TPSA) is 40.5 Å². The summed E-state index contributed by atoms with van der Waals surface area (Å²) in [6.07, 6.45) is 2.63. The van der Waals surface area contributed by atoms with Gasteiger partial charge in [-0.15, -0.1) is 0 Å². The maximum atomic E-state index is 12.3. The van der Waals surface area contributed by atoms with Crippen molar-refractivity contribution >= 4 is 11.6 Å². The number of aliphatic hydroxyl groups excluding tert-OH is 1. The zero-order valence-corrected chi connectivity index (χ0v) is 10.3. The molecule has 1 aromatic rings. The van der Waals surface area contributed by atoms with Crippen LogP contribution in [0.5, 0.6) is 0 Å². The van der Waals surface area contributed by atoms with Crippen molar-refractivity contribution in [2.24, 2.45) is 5.92 Å². The molecule has 1 aromatic carbocycles. The van der Waals surface area contributed by atoms with Crippen LogP contribution in [0.25, 0.3) is 5.70 Å². The molecule has 0 radical (unpaired) electrons. The van der Waals surface area contributed by atoms with Crippen molar-refractivity contribution in [3.8, 4) is 0 Å². The number of hydrogen-bond acceptors (Lipinski definition) is 2. The predicted molar refractivity (Wildman–Crippen MR) is 69.9 cm³/mol. The summed E-state index contributed by atoms with van der Waals surface area (Å²) in [6, 6.07) is 7.57. The zero-order valence-electron chi connectivity index (χ0n) is 10.3. The third-order valence-corrected chi connectivity index (χ3v) is 4.08. The van der Waals surface area contributed by atoms with E-state index in [0.717, 1.165) is 36.1 Å². The van der Waals surface area contributed by atoms with Gasteiger partial charge in [-0.1, -0.05) is 31.2 Å². The number of carbonyl (C=O) groups is 1. The molecule has 1 fully saturated rings. The normalized spacial score (nSPS) is 26.8. The Bertz CT molecular complexity index is 474. The van der Waals surface area contributed by atoms with Crippen molar-refractivity contribution in [2.75, 3.05) is 6.54 Å². The Labute approximate surface area is 107 Å². The lowest BCUT2D eigenvalue weighted by molar-refractivity contribution is 0.0768. The van der Waals surface area contributed by atoms with Crippen molar-refractivity contribution in [3.63, 3.8) is 0 Å². The second-order valence-corrected chi connectivity index (χ2v) is 5.17. The van der Waals surface area contributed by atoms with Crippen LogP contribution in [0.3, 0.4) is 0 Å². The minimum Gasteiger partial charge on any atom is -0.393 e. The summed E-state index contributed by atoms with van der Waals surface area (Å²) in [5.41, 5.74) is 2.43. The maximum absolute atomic E-state index is 12.3. The van der Waals surface area contributed by atoms with Gasteiger partial charge in [0, 0.05) is 29.3 Å². The Balaban J connectivity index is 1.84. The van der Waals surface area contributed by atoms with E-state index in [4.69, 9.17) is 0 Å². The Morgan fingerprint density at radius 2 is 2.00 bits per heavy atom. The van der Waals surface area contributed by atoms with Crippen molar-refractivity contribution in [1.82, 2.24) is 4.90 Å². The SMILES string of the molecule is C=C1c2ccccc2C(=O)N1CC1CCCC1O. The van der Waals surface area contributed by atoms with Crippen molar-refractivity contribution in [3.05, 3.63) is 42.0 Å². The van der Waals surface area contributed by atoms with Crippen LogP contribution in [0.1, 0.15) is 35.2 Å². The first-order chi connectivity index (χ1) is 8.68. The van der Waals surface area contributed by atoms with Crippen LogP contribution in [-0.4, -0.2) is 28.6 Å². The third kappa shape index (κ3) is 1.66. The highest BCUT2D eigenvalue weighted by Gasteiger charge is 2.35. The molecule has 94 valence electrons. The Hall–Kier alpha value is -1.61. The highest BCUT2D eigenvalue weighted by molar-refractivity contribution is 6.08. The lowest BCUT2D eigenvalue weighted by Gasteiger charge is -2.23. The number of benzene rings is 1. The lowest BCUT2D eigenvalue weighted by atomic mass is 10.1. The molecule has 0 spiro atoms. The standard InChI is InChI=1S/C15H17NO2/c1-10-12-6-2-3-7-13(12)15(18)16(10)9-11-5-4-8-14(11)17/h2-3,6-7,11,14,17H,1,4-5,8-9H2. The number of carbonyl (C=O) groups excluding carboxylic acids is 1. The molecule has 0 saturated heterocycles. The molecule has 1 heterocycles. The number of aliphatic hydroxyl groups is 1. The molecule has 2 unspecified atom stereocenters. The molecule has 3 heteroatoms. The smallest absolute Gasteiger partial charge is 0.258 e. The summed E-state index contributed by atoms with van der Waals surface area (Å²) in [7, 11) is 0. The fourth-order valence-corrected chi connectivity index (χ4v) is 2.99. The predicted octanol–water partition coefficient (Wildman–Crippen LogP) is 2.27. The van der Waals surface area contributed by atoms with Crippen LogP contribution in [0, 0.1) is 5.92 Å². The van der Waals surface area contributed by atoms with Crippen LogP contribution < -0.4 is 0 Å². The molecule has 3 rings (SSSR count). The molecule has 1 N–H and O–H groups in total. The highest BCUT2D eigenvalue weighted by atomic mass is 16.3. The van der Waals surface area contributed by atoms with E-state index >= 15 is 0 Å². The molecule has 1 saturated carbocycles. The molecular weight excluding hydrogens is 226 g/mol. The fraction of sp³-hybridized carbons (Fsp3) is 0.400. The van der Waals surface area contributed by atoms with Gasteiger partial charge in [-0.05, 0) is 18.9 Å². The molecular formula is C15H17NO2. The Morgan fingerprint density at radius 1 is 1.28 bits per heavy atom. The van der Waals surface area contributed by atoms with Crippen LogP contribution >= 0.6 is 0 Å². The van der Waals surface area contributed by atoms with E-state index < -0.39 is 0 Å². The molecule has 3 nitrogen and oxygen atoms in total. The number of amides is 1. The largest absolute Gasteiger partial charge is 0.393 e. The number of fused-ring (bicyclic) bond motifs is 1. The molecule has 1 aliphatic carbocycles. The van der Waals surface area contributed by atoms with E-state index in [2.05, 4.69) is 6.58 Å². The minimum atomic E-state index is -0.269. The molecule has 0 aromatic heterocycles. The van der Waals surface area contributed by atoms with Gasteiger partial charge in [0.1, 0.15) is 0 Å². The monoisotopic (exact) mass is 243 g/mol. The Morgan fingerprint density at radius 3 is 2.61 bits per heavy atom.